The highest BCUT2D eigenvalue weighted by Crippen LogP contribution is 2.05. The summed E-state index contributed by atoms with van der Waals surface area (Å²) in [7, 11) is 0. The van der Waals surface area contributed by atoms with Gasteiger partial charge in [0.15, 0.2) is 0 Å². The van der Waals surface area contributed by atoms with E-state index in [1.54, 1.807) is 6.08 Å². The van der Waals surface area contributed by atoms with Gasteiger partial charge >= 0.3 is 0 Å². The molecule has 13 heavy (non-hydrogen) atoms. The lowest BCUT2D eigenvalue weighted by atomic mass is 10.1. The number of aliphatic hydroxyl groups excluding tert-OH is 1. The van der Waals surface area contributed by atoms with Crippen molar-refractivity contribution in [1.29, 1.82) is 0 Å². The molecule has 0 aliphatic rings. The van der Waals surface area contributed by atoms with Gasteiger partial charge < -0.3 is 5.11 Å². The number of hydrogen-bond acceptors (Lipinski definition) is 1. The van der Waals surface area contributed by atoms with Crippen LogP contribution in [0.1, 0.15) is 5.56 Å². The molecule has 0 fully saturated rings. The Hall–Kier alpha value is -1.34. The molecule has 1 aromatic rings. The third-order valence-electron chi connectivity index (χ3n) is 1.85. The molecule has 0 heterocycles. The average Bonchev–Trinajstić information content (AvgIpc) is 2.21. The first-order valence-electron chi connectivity index (χ1n) is 4.33. The molecule has 0 aliphatic heterocycles. The molecule has 1 N–H and O–H groups in total. The number of aliphatic hydroxyl groups is 1. The Labute approximate surface area is 79.0 Å². The van der Waals surface area contributed by atoms with Gasteiger partial charge in [0, 0.05) is 5.92 Å². The van der Waals surface area contributed by atoms with Gasteiger partial charge in [-0.2, -0.15) is 0 Å². The van der Waals surface area contributed by atoms with Crippen LogP contribution >= 0.6 is 0 Å². The first kappa shape index (κ1) is 9.75. The molecule has 0 aliphatic carbocycles. The maximum absolute atomic E-state index is 8.88. The summed E-state index contributed by atoms with van der Waals surface area (Å²) < 4.78 is 0. The zero-order chi connectivity index (χ0) is 9.52. The fourth-order valence-electron chi connectivity index (χ4n) is 1.01. The van der Waals surface area contributed by atoms with Crippen molar-refractivity contribution in [2.45, 2.75) is 0 Å². The van der Waals surface area contributed by atoms with Crippen molar-refractivity contribution in [2.75, 3.05) is 6.61 Å². The minimum absolute atomic E-state index is 0.0557. The standard InChI is InChI=1S/C12H14O/c1-2-11(10-13)8-9-12-6-4-3-5-7-12/h2-9,11,13H,1,10H2/b9-8+/t11-/m1/s1. The monoisotopic (exact) mass is 174 g/mol. The van der Waals surface area contributed by atoms with Crippen LogP contribution in [-0.2, 0) is 0 Å². The van der Waals surface area contributed by atoms with E-state index >= 15 is 0 Å². The van der Waals surface area contributed by atoms with Gasteiger partial charge in [0.05, 0.1) is 6.61 Å². The molecule has 0 spiro atoms. The summed E-state index contributed by atoms with van der Waals surface area (Å²) in [5.41, 5.74) is 1.14. The number of rotatable bonds is 4. The maximum Gasteiger partial charge on any atom is 0.0528 e. The molecule has 1 rings (SSSR count). The highest BCUT2D eigenvalue weighted by atomic mass is 16.3. The lowest BCUT2D eigenvalue weighted by Crippen LogP contribution is -1.96. The van der Waals surface area contributed by atoms with Gasteiger partial charge in [-0.3, -0.25) is 0 Å². The molecule has 1 heteroatoms. The zero-order valence-electron chi connectivity index (χ0n) is 7.56. The van der Waals surface area contributed by atoms with Crippen LogP contribution in [0.5, 0.6) is 0 Å². The minimum Gasteiger partial charge on any atom is -0.395 e. The summed E-state index contributed by atoms with van der Waals surface area (Å²) in [4.78, 5) is 0. The first-order valence-corrected chi connectivity index (χ1v) is 4.33. The SMILES string of the molecule is C=C[C@H](/C=C/c1ccccc1)CO. The Morgan fingerprint density at radius 2 is 2.00 bits per heavy atom. The van der Waals surface area contributed by atoms with Crippen molar-refractivity contribution in [3.8, 4) is 0 Å². The van der Waals surface area contributed by atoms with Crippen molar-refractivity contribution in [2.24, 2.45) is 5.92 Å². The third-order valence-corrected chi connectivity index (χ3v) is 1.85. The number of hydrogen-bond donors (Lipinski definition) is 1. The van der Waals surface area contributed by atoms with Crippen LogP contribution < -0.4 is 0 Å². The maximum atomic E-state index is 8.88. The Kier molecular flexibility index (Phi) is 4.00. The summed E-state index contributed by atoms with van der Waals surface area (Å²) in [6, 6.07) is 10.00. The molecule has 0 amide bonds. The van der Waals surface area contributed by atoms with E-state index in [-0.39, 0.29) is 12.5 Å². The first-order chi connectivity index (χ1) is 6.36. The number of benzene rings is 1. The van der Waals surface area contributed by atoms with E-state index in [9.17, 15) is 0 Å². The van der Waals surface area contributed by atoms with E-state index in [0.717, 1.165) is 5.56 Å². The van der Waals surface area contributed by atoms with Crippen molar-refractivity contribution in [3.05, 3.63) is 54.6 Å². The van der Waals surface area contributed by atoms with Gasteiger partial charge in [-0.15, -0.1) is 6.58 Å². The Morgan fingerprint density at radius 1 is 1.31 bits per heavy atom. The van der Waals surface area contributed by atoms with Gasteiger partial charge in [0.2, 0.25) is 0 Å². The van der Waals surface area contributed by atoms with Crippen LogP contribution in [0.3, 0.4) is 0 Å². The van der Waals surface area contributed by atoms with Crippen LogP contribution in [0, 0.1) is 5.92 Å². The molecule has 0 aromatic heterocycles. The second kappa shape index (κ2) is 5.33. The molecule has 1 atom stereocenters. The van der Waals surface area contributed by atoms with E-state index in [1.165, 1.54) is 0 Å². The Bertz CT molecular complexity index is 274. The minimum atomic E-state index is 0.0557. The fraction of sp³-hybridized carbons (Fsp3) is 0.167. The zero-order valence-corrected chi connectivity index (χ0v) is 7.56. The van der Waals surface area contributed by atoms with E-state index in [2.05, 4.69) is 6.58 Å². The van der Waals surface area contributed by atoms with Crippen molar-refractivity contribution in [3.63, 3.8) is 0 Å². The van der Waals surface area contributed by atoms with Gasteiger partial charge in [-0.05, 0) is 5.56 Å². The lowest BCUT2D eigenvalue weighted by Gasteiger charge is -2.00. The summed E-state index contributed by atoms with van der Waals surface area (Å²) >= 11 is 0. The van der Waals surface area contributed by atoms with Crippen molar-refractivity contribution >= 4 is 6.08 Å². The molecule has 0 radical (unpaired) electrons. The summed E-state index contributed by atoms with van der Waals surface area (Å²) in [6.45, 7) is 3.75. The smallest absolute Gasteiger partial charge is 0.0528 e. The van der Waals surface area contributed by atoms with Crippen LogP contribution in [-0.4, -0.2) is 11.7 Å². The van der Waals surface area contributed by atoms with Gasteiger partial charge in [0.1, 0.15) is 0 Å². The molecule has 0 saturated carbocycles. The highest BCUT2D eigenvalue weighted by Gasteiger charge is 1.94. The van der Waals surface area contributed by atoms with Crippen molar-refractivity contribution < 1.29 is 5.11 Å². The largest absolute Gasteiger partial charge is 0.395 e. The third kappa shape index (κ3) is 3.26. The summed E-state index contributed by atoms with van der Waals surface area (Å²) in [6.07, 6.45) is 5.67. The fourth-order valence-corrected chi connectivity index (χ4v) is 1.01. The molecule has 0 saturated heterocycles. The second-order valence-corrected chi connectivity index (χ2v) is 2.85. The van der Waals surface area contributed by atoms with E-state index in [0.29, 0.717) is 0 Å². The van der Waals surface area contributed by atoms with E-state index in [4.69, 9.17) is 5.11 Å². The molecular weight excluding hydrogens is 160 g/mol. The molecular formula is C12H14O. The lowest BCUT2D eigenvalue weighted by molar-refractivity contribution is 0.274. The predicted molar refractivity (Wildman–Crippen MR) is 56.2 cm³/mol. The summed E-state index contributed by atoms with van der Waals surface area (Å²) in [5, 5.41) is 8.88. The summed E-state index contributed by atoms with van der Waals surface area (Å²) in [5.74, 6) is 0.0557. The predicted octanol–water partition coefficient (Wildman–Crippen LogP) is 2.49. The van der Waals surface area contributed by atoms with Crippen LogP contribution in [0.25, 0.3) is 6.08 Å². The van der Waals surface area contributed by atoms with E-state index < -0.39 is 0 Å². The van der Waals surface area contributed by atoms with Crippen LogP contribution in [0.2, 0.25) is 0 Å². The van der Waals surface area contributed by atoms with E-state index in [1.807, 2.05) is 42.5 Å². The second-order valence-electron chi connectivity index (χ2n) is 2.85. The van der Waals surface area contributed by atoms with Crippen LogP contribution in [0.4, 0.5) is 0 Å². The van der Waals surface area contributed by atoms with Crippen LogP contribution in [0.15, 0.2) is 49.1 Å². The normalized spacial score (nSPS) is 13.0. The average molecular weight is 174 g/mol. The molecule has 68 valence electrons. The highest BCUT2D eigenvalue weighted by molar-refractivity contribution is 5.49. The molecule has 1 aromatic carbocycles. The quantitative estimate of drug-likeness (QED) is 0.695. The van der Waals surface area contributed by atoms with Gasteiger partial charge in [0.25, 0.3) is 0 Å². The van der Waals surface area contributed by atoms with Gasteiger partial charge in [-0.1, -0.05) is 48.6 Å². The Morgan fingerprint density at radius 3 is 2.54 bits per heavy atom. The molecule has 0 unspecified atom stereocenters. The Balaban J connectivity index is 2.62. The topological polar surface area (TPSA) is 20.2 Å². The molecule has 1 nitrogen and oxygen atoms in total. The van der Waals surface area contributed by atoms with Crippen molar-refractivity contribution in [1.82, 2.24) is 0 Å². The molecule has 0 bridgehead atoms. The van der Waals surface area contributed by atoms with Gasteiger partial charge in [-0.25, -0.2) is 0 Å².